The van der Waals surface area contributed by atoms with Crippen LogP contribution in [0.25, 0.3) is 20.1 Å². The molecule has 0 saturated carbocycles. The van der Waals surface area contributed by atoms with Crippen LogP contribution in [0.15, 0.2) is 23.6 Å². The summed E-state index contributed by atoms with van der Waals surface area (Å²) in [6, 6.07) is 6.31. The summed E-state index contributed by atoms with van der Waals surface area (Å²) in [6.45, 7) is 4.22. The number of rotatable bonds is 0. The van der Waals surface area contributed by atoms with Crippen LogP contribution in [0.2, 0.25) is 0 Å². The van der Waals surface area contributed by atoms with Crippen molar-refractivity contribution in [3.8, 4) is 15.8 Å². The van der Waals surface area contributed by atoms with E-state index >= 15 is 0 Å². The summed E-state index contributed by atoms with van der Waals surface area (Å²) in [4.78, 5) is 0. The van der Waals surface area contributed by atoms with Crippen LogP contribution in [0.3, 0.4) is 0 Å². The van der Waals surface area contributed by atoms with Crippen LogP contribution in [0.4, 0.5) is 0 Å². The summed E-state index contributed by atoms with van der Waals surface area (Å²) in [5.74, 6) is 0.837. The quantitative estimate of drug-likeness (QED) is 0.636. The van der Waals surface area contributed by atoms with Crippen LogP contribution in [0.1, 0.15) is 21.9 Å². The number of benzene rings is 1. The molecule has 0 bridgehead atoms. The van der Waals surface area contributed by atoms with Gasteiger partial charge >= 0.3 is 121 Å². The van der Waals surface area contributed by atoms with E-state index in [1.54, 1.807) is 11.3 Å². The molecule has 1 N–H and O–H groups in total. The second-order valence-corrected chi connectivity index (χ2v) is 8.39. The van der Waals surface area contributed by atoms with E-state index in [0.29, 0.717) is 14.5 Å². The van der Waals surface area contributed by atoms with Gasteiger partial charge in [-0.05, 0) is 0 Å². The Kier molecular flexibility index (Phi) is 2.45. The van der Waals surface area contributed by atoms with Crippen molar-refractivity contribution in [3.63, 3.8) is 0 Å². The van der Waals surface area contributed by atoms with Crippen LogP contribution >= 0.6 is 11.3 Å². The fourth-order valence-corrected chi connectivity index (χ4v) is 6.13. The first kappa shape index (κ1) is 11.7. The maximum atomic E-state index is 10.1. The summed E-state index contributed by atoms with van der Waals surface area (Å²) in [5.41, 5.74) is 3.38. The molecule has 4 rings (SSSR count). The molecule has 3 heterocycles. The summed E-state index contributed by atoms with van der Waals surface area (Å²) in [6.07, 6.45) is -0.807. The number of aliphatic hydroxyl groups is 1. The minimum absolute atomic E-state index is 0.307. The number of aryl methyl sites for hydroxylation is 2. The van der Waals surface area contributed by atoms with E-state index in [9.17, 15) is 5.11 Å². The number of ether oxygens (including phenoxy) is 1. The average Bonchev–Trinajstić information content (AvgIpc) is 2.95. The van der Waals surface area contributed by atoms with Gasteiger partial charge in [0.05, 0.1) is 0 Å². The van der Waals surface area contributed by atoms with Crippen LogP contribution in [-0.2, 0) is 0 Å². The summed E-state index contributed by atoms with van der Waals surface area (Å²) >= 11 is 2.07. The molecule has 0 amide bonds. The third-order valence-electron chi connectivity index (χ3n) is 3.53. The number of fused-ring (bicyclic) bond motifs is 5. The SMILES string of the molecule is Cc1cc2c([se]1)-c1c(cc(C)c3ccsc13)OC2O. The van der Waals surface area contributed by atoms with Gasteiger partial charge in [-0.3, -0.25) is 0 Å². The zero-order chi connectivity index (χ0) is 13.1. The van der Waals surface area contributed by atoms with Gasteiger partial charge in [-0.1, -0.05) is 0 Å². The van der Waals surface area contributed by atoms with Crippen molar-refractivity contribution in [3.05, 3.63) is 39.1 Å². The summed E-state index contributed by atoms with van der Waals surface area (Å²) < 4.78 is 9.66. The van der Waals surface area contributed by atoms with Gasteiger partial charge in [-0.2, -0.15) is 0 Å². The van der Waals surface area contributed by atoms with Gasteiger partial charge in [0.1, 0.15) is 0 Å². The third kappa shape index (κ3) is 1.58. The Labute approximate surface area is 121 Å². The van der Waals surface area contributed by atoms with E-state index in [2.05, 4.69) is 37.4 Å². The maximum absolute atomic E-state index is 10.1. The molecule has 0 radical (unpaired) electrons. The van der Waals surface area contributed by atoms with Gasteiger partial charge in [0.25, 0.3) is 0 Å². The Morgan fingerprint density at radius 1 is 1.32 bits per heavy atom. The van der Waals surface area contributed by atoms with Crippen molar-refractivity contribution in [2.24, 2.45) is 0 Å². The molecule has 1 aromatic carbocycles. The Bertz CT molecular complexity index is 800. The first-order valence-electron chi connectivity index (χ1n) is 6.11. The van der Waals surface area contributed by atoms with E-state index < -0.39 is 6.29 Å². The molecule has 0 aliphatic carbocycles. The monoisotopic (exact) mass is 336 g/mol. The van der Waals surface area contributed by atoms with Crippen molar-refractivity contribution >= 4 is 35.9 Å². The van der Waals surface area contributed by atoms with Crippen molar-refractivity contribution in [1.29, 1.82) is 0 Å². The van der Waals surface area contributed by atoms with E-state index in [1.165, 1.54) is 30.1 Å². The molecular formula is C15H12O2SSe. The first-order valence-corrected chi connectivity index (χ1v) is 8.70. The molecule has 0 saturated heterocycles. The van der Waals surface area contributed by atoms with Crippen molar-refractivity contribution < 1.29 is 9.84 Å². The van der Waals surface area contributed by atoms with Crippen LogP contribution < -0.4 is 4.74 Å². The molecule has 19 heavy (non-hydrogen) atoms. The molecule has 1 aliphatic heterocycles. The van der Waals surface area contributed by atoms with E-state index in [1.807, 2.05) is 0 Å². The van der Waals surface area contributed by atoms with Crippen molar-refractivity contribution in [2.45, 2.75) is 20.1 Å². The normalized spacial score (nSPS) is 17.1. The fraction of sp³-hybridized carbons (Fsp3) is 0.200. The fourth-order valence-electron chi connectivity index (χ4n) is 2.68. The Hall–Kier alpha value is -1.06. The van der Waals surface area contributed by atoms with Gasteiger partial charge in [0.15, 0.2) is 0 Å². The second kappa shape index (κ2) is 3.97. The molecule has 2 nitrogen and oxygen atoms in total. The molecule has 2 aromatic heterocycles. The minimum atomic E-state index is -0.807. The molecule has 0 spiro atoms. The van der Waals surface area contributed by atoms with Gasteiger partial charge in [-0.15, -0.1) is 0 Å². The Morgan fingerprint density at radius 3 is 3.00 bits per heavy atom. The van der Waals surface area contributed by atoms with Gasteiger partial charge < -0.3 is 0 Å². The Morgan fingerprint density at radius 2 is 2.16 bits per heavy atom. The summed E-state index contributed by atoms with van der Waals surface area (Å²) in [5, 5.41) is 13.6. The zero-order valence-electron chi connectivity index (χ0n) is 10.6. The standard InChI is InChI=1S/C15H12O2SSe/c1-7-5-11-12(13-9(7)3-4-18-13)14-10(15(16)17-11)6-8(2)19-14/h3-6,15-16H,1-2H3. The van der Waals surface area contributed by atoms with E-state index in [0.717, 1.165) is 11.3 Å². The van der Waals surface area contributed by atoms with Crippen molar-refractivity contribution in [1.82, 2.24) is 0 Å². The molecule has 3 aromatic rings. The summed E-state index contributed by atoms with van der Waals surface area (Å²) in [7, 11) is 0. The molecule has 96 valence electrons. The zero-order valence-corrected chi connectivity index (χ0v) is 13.1. The molecule has 0 fully saturated rings. The molecule has 1 aliphatic rings. The van der Waals surface area contributed by atoms with E-state index in [-0.39, 0.29) is 0 Å². The van der Waals surface area contributed by atoms with E-state index in [4.69, 9.17) is 4.74 Å². The number of thiophene rings is 1. The predicted octanol–water partition coefficient (Wildman–Crippen LogP) is 3.63. The Balaban J connectivity index is 2.15. The molecule has 4 heteroatoms. The van der Waals surface area contributed by atoms with Crippen LogP contribution in [0.5, 0.6) is 5.75 Å². The van der Waals surface area contributed by atoms with Gasteiger partial charge in [0.2, 0.25) is 0 Å². The third-order valence-corrected chi connectivity index (χ3v) is 6.73. The molecule has 1 atom stereocenters. The number of hydrogen-bond donors (Lipinski definition) is 1. The van der Waals surface area contributed by atoms with Crippen molar-refractivity contribution in [2.75, 3.05) is 0 Å². The predicted molar refractivity (Wildman–Crippen MR) is 79.3 cm³/mol. The van der Waals surface area contributed by atoms with Gasteiger partial charge in [-0.25, -0.2) is 0 Å². The van der Waals surface area contributed by atoms with Crippen LogP contribution in [0, 0.1) is 13.8 Å². The molecular weight excluding hydrogens is 323 g/mol. The van der Waals surface area contributed by atoms with Gasteiger partial charge in [0, 0.05) is 0 Å². The first-order chi connectivity index (χ1) is 9.15. The number of hydrogen-bond acceptors (Lipinski definition) is 3. The number of aliphatic hydroxyl groups excluding tert-OH is 1. The average molecular weight is 335 g/mol. The second-order valence-electron chi connectivity index (χ2n) is 4.84. The van der Waals surface area contributed by atoms with Crippen LogP contribution in [-0.4, -0.2) is 19.6 Å². The molecule has 1 unspecified atom stereocenters. The topological polar surface area (TPSA) is 29.5 Å².